The lowest BCUT2D eigenvalue weighted by Gasteiger charge is -2.35. The summed E-state index contributed by atoms with van der Waals surface area (Å²) in [7, 11) is 0. The molecule has 0 saturated carbocycles. The van der Waals surface area contributed by atoms with Crippen LogP contribution in [-0.4, -0.2) is 24.0 Å². The molecule has 2 atom stereocenters. The fourth-order valence-corrected chi connectivity index (χ4v) is 2.74. The Balaban J connectivity index is 1.87. The molecule has 1 aromatic rings. The molecule has 0 bridgehead atoms. The van der Waals surface area contributed by atoms with Crippen LogP contribution in [-0.2, 0) is 13.1 Å². The standard InChI is InChI=1S/C15H26N2O/c1-4-16-10-14-5-6-15(18-14)11-17-8-7-12(2)9-13(17)3/h5-6,12-13,16H,4,7-11H2,1-3H3. The first-order chi connectivity index (χ1) is 8.69. The van der Waals surface area contributed by atoms with Gasteiger partial charge in [-0.05, 0) is 50.9 Å². The molecule has 0 aromatic carbocycles. The Kier molecular flexibility index (Phi) is 4.84. The number of piperidine rings is 1. The molecule has 2 rings (SSSR count). The van der Waals surface area contributed by atoms with Gasteiger partial charge < -0.3 is 9.73 Å². The van der Waals surface area contributed by atoms with Crippen LogP contribution in [0.1, 0.15) is 45.1 Å². The average Bonchev–Trinajstić information content (AvgIpc) is 2.78. The fourth-order valence-electron chi connectivity index (χ4n) is 2.74. The average molecular weight is 250 g/mol. The Morgan fingerprint density at radius 1 is 1.33 bits per heavy atom. The molecule has 3 nitrogen and oxygen atoms in total. The highest BCUT2D eigenvalue weighted by Crippen LogP contribution is 2.24. The van der Waals surface area contributed by atoms with Gasteiger partial charge >= 0.3 is 0 Å². The van der Waals surface area contributed by atoms with Crippen molar-refractivity contribution < 1.29 is 4.42 Å². The predicted molar refractivity (Wildman–Crippen MR) is 74.4 cm³/mol. The van der Waals surface area contributed by atoms with Crippen LogP contribution >= 0.6 is 0 Å². The van der Waals surface area contributed by atoms with Gasteiger partial charge in [0.1, 0.15) is 11.5 Å². The second-order valence-corrected chi connectivity index (χ2v) is 5.60. The molecule has 1 aromatic heterocycles. The van der Waals surface area contributed by atoms with Crippen molar-refractivity contribution in [2.45, 2.75) is 52.7 Å². The van der Waals surface area contributed by atoms with Gasteiger partial charge in [0.05, 0.1) is 13.1 Å². The van der Waals surface area contributed by atoms with E-state index in [0.717, 1.165) is 37.1 Å². The number of hydrogen-bond acceptors (Lipinski definition) is 3. The lowest BCUT2D eigenvalue weighted by molar-refractivity contribution is 0.113. The predicted octanol–water partition coefficient (Wildman–Crippen LogP) is 3.01. The normalized spacial score (nSPS) is 25.5. The monoisotopic (exact) mass is 250 g/mol. The maximum absolute atomic E-state index is 5.86. The molecule has 0 spiro atoms. The van der Waals surface area contributed by atoms with Gasteiger partial charge in [-0.3, -0.25) is 4.90 Å². The van der Waals surface area contributed by atoms with E-state index in [1.165, 1.54) is 19.4 Å². The number of nitrogens with zero attached hydrogens (tertiary/aromatic N) is 1. The molecule has 102 valence electrons. The van der Waals surface area contributed by atoms with Crippen LogP contribution in [0.5, 0.6) is 0 Å². The van der Waals surface area contributed by atoms with Crippen molar-refractivity contribution in [1.82, 2.24) is 10.2 Å². The minimum absolute atomic E-state index is 0.677. The van der Waals surface area contributed by atoms with E-state index < -0.39 is 0 Å². The summed E-state index contributed by atoms with van der Waals surface area (Å²) >= 11 is 0. The molecular weight excluding hydrogens is 224 g/mol. The van der Waals surface area contributed by atoms with Crippen LogP contribution in [0.3, 0.4) is 0 Å². The van der Waals surface area contributed by atoms with Crippen molar-refractivity contribution in [1.29, 1.82) is 0 Å². The van der Waals surface area contributed by atoms with E-state index in [1.54, 1.807) is 0 Å². The largest absolute Gasteiger partial charge is 0.463 e. The first-order valence-corrected chi connectivity index (χ1v) is 7.21. The van der Waals surface area contributed by atoms with Crippen molar-refractivity contribution >= 4 is 0 Å². The molecule has 1 aliphatic heterocycles. The Morgan fingerprint density at radius 3 is 2.83 bits per heavy atom. The van der Waals surface area contributed by atoms with Crippen molar-refractivity contribution in [3.05, 3.63) is 23.7 Å². The molecule has 1 aliphatic rings. The van der Waals surface area contributed by atoms with Gasteiger partial charge in [-0.2, -0.15) is 0 Å². The van der Waals surface area contributed by atoms with E-state index in [1.807, 2.05) is 0 Å². The number of nitrogens with one attached hydrogen (secondary N) is 1. The topological polar surface area (TPSA) is 28.4 Å². The third-order valence-corrected chi connectivity index (χ3v) is 3.90. The third-order valence-electron chi connectivity index (χ3n) is 3.90. The van der Waals surface area contributed by atoms with E-state index in [9.17, 15) is 0 Å². The summed E-state index contributed by atoms with van der Waals surface area (Å²) in [5.74, 6) is 3.02. The number of hydrogen-bond donors (Lipinski definition) is 1. The molecule has 2 unspecified atom stereocenters. The minimum Gasteiger partial charge on any atom is -0.463 e. The zero-order valence-electron chi connectivity index (χ0n) is 11.9. The van der Waals surface area contributed by atoms with Crippen LogP contribution in [0.15, 0.2) is 16.5 Å². The van der Waals surface area contributed by atoms with Gasteiger partial charge in [0.2, 0.25) is 0 Å². The zero-order chi connectivity index (χ0) is 13.0. The highest BCUT2D eigenvalue weighted by Gasteiger charge is 2.23. The lowest BCUT2D eigenvalue weighted by atomic mass is 9.93. The second kappa shape index (κ2) is 6.39. The van der Waals surface area contributed by atoms with E-state index >= 15 is 0 Å². The van der Waals surface area contributed by atoms with Crippen LogP contribution < -0.4 is 5.32 Å². The molecule has 1 fully saturated rings. The molecule has 1 saturated heterocycles. The highest BCUT2D eigenvalue weighted by molar-refractivity contribution is 5.07. The fraction of sp³-hybridized carbons (Fsp3) is 0.733. The summed E-state index contributed by atoms with van der Waals surface area (Å²) in [5, 5.41) is 3.29. The Morgan fingerprint density at radius 2 is 2.11 bits per heavy atom. The van der Waals surface area contributed by atoms with Crippen LogP contribution in [0, 0.1) is 5.92 Å². The molecular formula is C15H26N2O. The molecule has 3 heteroatoms. The van der Waals surface area contributed by atoms with E-state index in [4.69, 9.17) is 4.42 Å². The summed E-state index contributed by atoms with van der Waals surface area (Å²) in [6.07, 6.45) is 2.63. The molecule has 2 heterocycles. The summed E-state index contributed by atoms with van der Waals surface area (Å²) < 4.78 is 5.86. The molecule has 18 heavy (non-hydrogen) atoms. The van der Waals surface area contributed by atoms with Crippen LogP contribution in [0.2, 0.25) is 0 Å². The summed E-state index contributed by atoms with van der Waals surface area (Å²) in [6.45, 7) is 10.8. The SMILES string of the molecule is CCNCc1ccc(CN2CCC(C)CC2C)o1. The Hall–Kier alpha value is -0.800. The van der Waals surface area contributed by atoms with Gasteiger partial charge in [0, 0.05) is 6.04 Å². The first kappa shape index (κ1) is 13.6. The Bertz CT molecular complexity index is 361. The minimum atomic E-state index is 0.677. The van der Waals surface area contributed by atoms with Crippen molar-refractivity contribution in [3.8, 4) is 0 Å². The Labute approximate surface area is 111 Å². The third kappa shape index (κ3) is 3.59. The number of likely N-dealkylation sites (tertiary alicyclic amines) is 1. The van der Waals surface area contributed by atoms with Crippen molar-refractivity contribution in [2.75, 3.05) is 13.1 Å². The van der Waals surface area contributed by atoms with Gasteiger partial charge in [-0.25, -0.2) is 0 Å². The molecule has 1 N–H and O–H groups in total. The number of furan rings is 1. The summed E-state index contributed by atoms with van der Waals surface area (Å²) in [6, 6.07) is 4.89. The second-order valence-electron chi connectivity index (χ2n) is 5.60. The molecule has 0 aliphatic carbocycles. The maximum Gasteiger partial charge on any atom is 0.118 e. The van der Waals surface area contributed by atoms with E-state index in [2.05, 4.69) is 43.1 Å². The quantitative estimate of drug-likeness (QED) is 0.871. The van der Waals surface area contributed by atoms with Crippen molar-refractivity contribution in [3.63, 3.8) is 0 Å². The van der Waals surface area contributed by atoms with Crippen molar-refractivity contribution in [2.24, 2.45) is 5.92 Å². The van der Waals surface area contributed by atoms with Gasteiger partial charge in [0.25, 0.3) is 0 Å². The summed E-state index contributed by atoms with van der Waals surface area (Å²) in [5.41, 5.74) is 0. The number of rotatable bonds is 5. The highest BCUT2D eigenvalue weighted by atomic mass is 16.3. The maximum atomic E-state index is 5.86. The van der Waals surface area contributed by atoms with Crippen LogP contribution in [0.4, 0.5) is 0 Å². The van der Waals surface area contributed by atoms with Gasteiger partial charge in [-0.1, -0.05) is 13.8 Å². The summed E-state index contributed by atoms with van der Waals surface area (Å²) in [4.78, 5) is 2.54. The van der Waals surface area contributed by atoms with E-state index in [0.29, 0.717) is 6.04 Å². The smallest absolute Gasteiger partial charge is 0.118 e. The van der Waals surface area contributed by atoms with Gasteiger partial charge in [-0.15, -0.1) is 0 Å². The molecule has 0 radical (unpaired) electrons. The van der Waals surface area contributed by atoms with Crippen LogP contribution in [0.25, 0.3) is 0 Å². The zero-order valence-corrected chi connectivity index (χ0v) is 11.9. The van der Waals surface area contributed by atoms with E-state index in [-0.39, 0.29) is 0 Å². The molecule has 0 amide bonds. The first-order valence-electron chi connectivity index (χ1n) is 7.21. The van der Waals surface area contributed by atoms with Gasteiger partial charge in [0.15, 0.2) is 0 Å². The lowest BCUT2D eigenvalue weighted by Crippen LogP contribution is -2.39.